The number of hydrogen-bond donors (Lipinski definition) is 0. The third-order valence-electron chi connectivity index (χ3n) is 4.72. The van der Waals surface area contributed by atoms with Crippen molar-refractivity contribution in [1.29, 1.82) is 0 Å². The summed E-state index contributed by atoms with van der Waals surface area (Å²) in [7, 11) is -1.55. The molecule has 0 aliphatic carbocycles. The lowest BCUT2D eigenvalue weighted by Gasteiger charge is -2.36. The van der Waals surface area contributed by atoms with Crippen LogP contribution in [0.3, 0.4) is 0 Å². The lowest BCUT2D eigenvalue weighted by Crippen LogP contribution is -2.40. The van der Waals surface area contributed by atoms with Gasteiger partial charge in [-0.15, -0.1) is 0 Å². The van der Waals surface area contributed by atoms with Crippen molar-refractivity contribution in [2.24, 2.45) is 0 Å². The quantitative estimate of drug-likeness (QED) is 0.531. The molecule has 1 aromatic heterocycles. The minimum absolute atomic E-state index is 0.320. The van der Waals surface area contributed by atoms with E-state index in [9.17, 15) is 0 Å². The molecule has 1 aromatic rings. The Morgan fingerprint density at radius 3 is 2.67 bits per heavy atom. The van der Waals surface area contributed by atoms with Gasteiger partial charge in [0.2, 0.25) is 0 Å². The molecule has 1 aliphatic heterocycles. The van der Waals surface area contributed by atoms with Gasteiger partial charge in [-0.05, 0) is 37.4 Å². The van der Waals surface area contributed by atoms with E-state index in [0.717, 1.165) is 24.7 Å². The zero-order valence-corrected chi connectivity index (χ0v) is 16.1. The monoisotopic (exact) mass is 326 g/mol. The van der Waals surface area contributed by atoms with Crippen molar-refractivity contribution in [3.8, 4) is 0 Å². The zero-order chi connectivity index (χ0) is 15.5. The molecule has 0 saturated heterocycles. The normalized spacial score (nSPS) is 15.5. The van der Waals surface area contributed by atoms with E-state index >= 15 is 0 Å². The molecule has 21 heavy (non-hydrogen) atoms. The minimum atomic E-state index is -1.55. The van der Waals surface area contributed by atoms with Crippen molar-refractivity contribution in [2.75, 3.05) is 6.61 Å². The third kappa shape index (κ3) is 4.60. The van der Waals surface area contributed by atoms with Crippen LogP contribution in [0.4, 0.5) is 0 Å². The molecule has 0 N–H and O–H groups in total. The number of thioether (sulfide) groups is 1. The maximum atomic E-state index is 6.21. The Bertz CT molecular complexity index is 444. The highest BCUT2D eigenvalue weighted by molar-refractivity contribution is 7.98. The lowest BCUT2D eigenvalue weighted by atomic mass is 10.2. The molecule has 0 bridgehead atoms. The minimum Gasteiger partial charge on any atom is -0.417 e. The number of unbranched alkanes of at least 4 members (excludes halogenated alkanes) is 2. The fourth-order valence-corrected chi connectivity index (χ4v) is 4.30. The second-order valence-electron chi connectivity index (χ2n) is 7.53. The van der Waals surface area contributed by atoms with Crippen LogP contribution in [0.15, 0.2) is 6.20 Å². The summed E-state index contributed by atoms with van der Waals surface area (Å²) in [5.74, 6) is 2.25. The smallest absolute Gasteiger partial charge is 0.191 e. The fraction of sp³-hybridized carbons (Fsp3) is 0.812. The number of hydrogen-bond acceptors (Lipinski definition) is 3. The highest BCUT2D eigenvalue weighted by Crippen LogP contribution is 2.36. The Labute approximate surface area is 135 Å². The number of rotatable bonds is 7. The average Bonchev–Trinajstić information content (AvgIpc) is 2.92. The molecule has 0 unspecified atom stereocenters. The van der Waals surface area contributed by atoms with E-state index in [1.54, 1.807) is 0 Å². The lowest BCUT2D eigenvalue weighted by molar-refractivity contribution is 0.276. The van der Waals surface area contributed by atoms with Crippen molar-refractivity contribution < 1.29 is 4.43 Å². The second-order valence-corrected chi connectivity index (χ2v) is 13.3. The maximum Gasteiger partial charge on any atom is 0.191 e. The summed E-state index contributed by atoms with van der Waals surface area (Å²) in [6.07, 6.45) is 5.84. The SMILES string of the molecule is CC(C)(C)[Si](C)(C)OCCCCCn1cc2c(n1)CSC2. The first kappa shape index (κ1) is 17.1. The van der Waals surface area contributed by atoms with Crippen molar-refractivity contribution >= 4 is 20.1 Å². The van der Waals surface area contributed by atoms with Gasteiger partial charge in [-0.3, -0.25) is 4.68 Å². The van der Waals surface area contributed by atoms with Crippen LogP contribution in [0, 0.1) is 0 Å². The largest absolute Gasteiger partial charge is 0.417 e. The summed E-state index contributed by atoms with van der Waals surface area (Å²) in [6, 6.07) is 0. The van der Waals surface area contributed by atoms with Crippen LogP contribution < -0.4 is 0 Å². The van der Waals surface area contributed by atoms with Crippen LogP contribution in [-0.4, -0.2) is 24.7 Å². The summed E-state index contributed by atoms with van der Waals surface area (Å²) in [4.78, 5) is 0. The number of aromatic nitrogens is 2. The van der Waals surface area contributed by atoms with Crippen LogP contribution in [-0.2, 0) is 22.5 Å². The Morgan fingerprint density at radius 2 is 2.00 bits per heavy atom. The van der Waals surface area contributed by atoms with Crippen LogP contribution in [0.25, 0.3) is 0 Å². The molecule has 5 heteroatoms. The van der Waals surface area contributed by atoms with Crippen molar-refractivity contribution in [2.45, 2.75) is 76.2 Å². The topological polar surface area (TPSA) is 27.1 Å². The van der Waals surface area contributed by atoms with Crippen molar-refractivity contribution in [1.82, 2.24) is 9.78 Å². The zero-order valence-electron chi connectivity index (χ0n) is 14.2. The van der Waals surface area contributed by atoms with E-state index in [2.05, 4.69) is 49.8 Å². The van der Waals surface area contributed by atoms with Gasteiger partial charge in [0, 0.05) is 36.4 Å². The van der Waals surface area contributed by atoms with Gasteiger partial charge in [0.15, 0.2) is 8.32 Å². The van der Waals surface area contributed by atoms with Gasteiger partial charge in [-0.2, -0.15) is 16.9 Å². The summed E-state index contributed by atoms with van der Waals surface area (Å²) in [5.41, 5.74) is 2.75. The molecule has 1 aliphatic rings. The van der Waals surface area contributed by atoms with Gasteiger partial charge in [0.05, 0.1) is 5.69 Å². The molecule has 2 heterocycles. The first-order valence-electron chi connectivity index (χ1n) is 8.06. The molecule has 2 rings (SSSR count). The Hall–Kier alpha value is -0.263. The van der Waals surface area contributed by atoms with Crippen LogP contribution in [0.2, 0.25) is 18.1 Å². The molecule has 0 amide bonds. The summed E-state index contributed by atoms with van der Waals surface area (Å²) >= 11 is 1.97. The maximum absolute atomic E-state index is 6.21. The van der Waals surface area contributed by atoms with E-state index in [4.69, 9.17) is 4.43 Å². The van der Waals surface area contributed by atoms with E-state index in [1.807, 2.05) is 11.8 Å². The van der Waals surface area contributed by atoms with E-state index in [1.165, 1.54) is 30.5 Å². The first-order valence-corrected chi connectivity index (χ1v) is 12.1. The highest BCUT2D eigenvalue weighted by Gasteiger charge is 2.36. The molecular formula is C16H30N2OSSi. The number of aryl methyl sites for hydroxylation is 1. The second kappa shape index (κ2) is 6.88. The predicted octanol–water partition coefficient (Wildman–Crippen LogP) is 4.82. The number of nitrogens with zero attached hydrogens (tertiary/aromatic N) is 2. The predicted molar refractivity (Wildman–Crippen MR) is 94.2 cm³/mol. The van der Waals surface area contributed by atoms with Gasteiger partial charge < -0.3 is 4.43 Å². The molecule has 3 nitrogen and oxygen atoms in total. The van der Waals surface area contributed by atoms with E-state index < -0.39 is 8.32 Å². The first-order chi connectivity index (χ1) is 9.79. The summed E-state index contributed by atoms with van der Waals surface area (Å²) in [6.45, 7) is 13.5. The Kier molecular flexibility index (Phi) is 5.60. The summed E-state index contributed by atoms with van der Waals surface area (Å²) in [5, 5.41) is 4.97. The molecule has 0 atom stereocenters. The molecule has 120 valence electrons. The standard InChI is InChI=1S/C16H30N2OSSi/c1-16(2,3)21(4,5)19-10-8-6-7-9-18-11-14-12-20-13-15(14)17-18/h11H,6-10,12-13H2,1-5H3. The molecular weight excluding hydrogens is 296 g/mol. The summed E-state index contributed by atoms with van der Waals surface area (Å²) < 4.78 is 8.35. The Balaban J connectivity index is 1.60. The molecule has 0 aromatic carbocycles. The van der Waals surface area contributed by atoms with E-state index in [-0.39, 0.29) is 0 Å². The van der Waals surface area contributed by atoms with Gasteiger partial charge in [0.25, 0.3) is 0 Å². The molecule has 0 fully saturated rings. The highest BCUT2D eigenvalue weighted by atomic mass is 32.2. The molecule has 0 saturated carbocycles. The van der Waals surface area contributed by atoms with Crippen LogP contribution in [0.1, 0.15) is 51.3 Å². The van der Waals surface area contributed by atoms with Crippen molar-refractivity contribution in [3.05, 3.63) is 17.5 Å². The van der Waals surface area contributed by atoms with Crippen LogP contribution >= 0.6 is 11.8 Å². The molecule has 0 radical (unpaired) electrons. The van der Waals surface area contributed by atoms with Crippen molar-refractivity contribution in [3.63, 3.8) is 0 Å². The third-order valence-corrected chi connectivity index (χ3v) is 10.3. The fourth-order valence-electron chi connectivity index (χ4n) is 2.21. The van der Waals surface area contributed by atoms with Gasteiger partial charge in [-0.25, -0.2) is 0 Å². The van der Waals surface area contributed by atoms with Gasteiger partial charge in [0.1, 0.15) is 0 Å². The van der Waals surface area contributed by atoms with Crippen LogP contribution in [0.5, 0.6) is 0 Å². The molecule has 0 spiro atoms. The van der Waals surface area contributed by atoms with Gasteiger partial charge >= 0.3 is 0 Å². The number of fused-ring (bicyclic) bond motifs is 1. The van der Waals surface area contributed by atoms with E-state index in [0.29, 0.717) is 5.04 Å². The Morgan fingerprint density at radius 1 is 1.24 bits per heavy atom. The van der Waals surface area contributed by atoms with Gasteiger partial charge in [-0.1, -0.05) is 20.8 Å². The average molecular weight is 327 g/mol.